The third-order valence-electron chi connectivity index (χ3n) is 4.68. The normalized spacial score (nSPS) is 13.8. The number of amides is 4. The maximum Gasteiger partial charge on any atom is 0.328 e. The van der Waals surface area contributed by atoms with E-state index in [0.717, 1.165) is 10.6 Å². The maximum absolute atomic E-state index is 12.6. The van der Waals surface area contributed by atoms with Crippen molar-refractivity contribution in [2.24, 2.45) is 0 Å². The standard InChI is InChI=1S/C20H19N7O3/c1-13-15(6-4-7-17(13)27-18(28)8-10-22-20(27)30)23-19(29)16-12-26(25-24-16)11-14-5-2-3-9-21-14/h2-7,9,12H,8,10-11H2,1H3,(H,22,30)(H,23,29). The molecule has 0 spiro atoms. The van der Waals surface area contributed by atoms with Gasteiger partial charge in [0.2, 0.25) is 5.91 Å². The van der Waals surface area contributed by atoms with E-state index in [1.54, 1.807) is 31.3 Å². The molecule has 1 aliphatic rings. The molecule has 3 aromatic rings. The number of nitrogens with one attached hydrogen (secondary N) is 2. The molecule has 10 nitrogen and oxygen atoms in total. The van der Waals surface area contributed by atoms with E-state index in [2.05, 4.69) is 25.9 Å². The number of imide groups is 1. The first-order chi connectivity index (χ1) is 14.5. The maximum atomic E-state index is 12.6. The van der Waals surface area contributed by atoms with Gasteiger partial charge in [0.1, 0.15) is 0 Å². The van der Waals surface area contributed by atoms with Crippen LogP contribution in [0.1, 0.15) is 28.2 Å². The number of urea groups is 1. The quantitative estimate of drug-likeness (QED) is 0.667. The molecule has 10 heteroatoms. The Kier molecular flexibility index (Phi) is 5.21. The summed E-state index contributed by atoms with van der Waals surface area (Å²) in [5.74, 6) is -0.736. The van der Waals surface area contributed by atoms with Gasteiger partial charge in [-0.3, -0.25) is 14.6 Å². The highest BCUT2D eigenvalue weighted by Gasteiger charge is 2.29. The number of rotatable bonds is 5. The highest BCUT2D eigenvalue weighted by Crippen LogP contribution is 2.28. The summed E-state index contributed by atoms with van der Waals surface area (Å²) in [6.45, 7) is 2.44. The minimum Gasteiger partial charge on any atom is -0.337 e. The molecule has 0 atom stereocenters. The Labute approximate surface area is 171 Å². The van der Waals surface area contributed by atoms with Crippen LogP contribution in [0.5, 0.6) is 0 Å². The van der Waals surface area contributed by atoms with Crippen molar-refractivity contribution >= 4 is 29.2 Å². The Hall–Kier alpha value is -4.08. The summed E-state index contributed by atoms with van der Waals surface area (Å²) in [7, 11) is 0. The van der Waals surface area contributed by atoms with E-state index in [1.165, 1.54) is 10.9 Å². The molecule has 0 bridgehead atoms. The average Bonchev–Trinajstić information content (AvgIpc) is 3.20. The van der Waals surface area contributed by atoms with Crippen molar-refractivity contribution < 1.29 is 14.4 Å². The zero-order valence-electron chi connectivity index (χ0n) is 16.2. The number of carbonyl (C=O) groups excluding carboxylic acids is 3. The van der Waals surface area contributed by atoms with E-state index < -0.39 is 11.9 Å². The number of hydrogen-bond acceptors (Lipinski definition) is 6. The molecule has 1 saturated heterocycles. The molecule has 0 aliphatic carbocycles. The number of anilines is 2. The molecule has 2 aromatic heterocycles. The molecule has 0 unspecified atom stereocenters. The SMILES string of the molecule is Cc1c(NC(=O)c2cn(Cc3ccccn3)nn2)cccc1N1C(=O)CCNC1=O. The lowest BCUT2D eigenvalue weighted by Crippen LogP contribution is -2.50. The Morgan fingerprint density at radius 1 is 1.20 bits per heavy atom. The lowest BCUT2D eigenvalue weighted by atomic mass is 10.1. The van der Waals surface area contributed by atoms with Crippen LogP contribution in [0.2, 0.25) is 0 Å². The fourth-order valence-electron chi connectivity index (χ4n) is 3.15. The van der Waals surface area contributed by atoms with E-state index in [-0.39, 0.29) is 18.0 Å². The summed E-state index contributed by atoms with van der Waals surface area (Å²) < 4.78 is 1.53. The van der Waals surface area contributed by atoms with Crippen LogP contribution in [-0.2, 0) is 11.3 Å². The number of hydrogen-bond donors (Lipinski definition) is 2. The Balaban J connectivity index is 1.51. The first kappa shape index (κ1) is 19.2. The van der Waals surface area contributed by atoms with E-state index in [1.807, 2.05) is 18.2 Å². The summed E-state index contributed by atoms with van der Waals surface area (Å²) in [5, 5.41) is 13.3. The van der Waals surface area contributed by atoms with Gasteiger partial charge in [-0.05, 0) is 36.8 Å². The van der Waals surface area contributed by atoms with Crippen LogP contribution >= 0.6 is 0 Å². The van der Waals surface area contributed by atoms with Gasteiger partial charge in [0.05, 0.1) is 24.1 Å². The highest BCUT2D eigenvalue weighted by atomic mass is 16.2. The smallest absolute Gasteiger partial charge is 0.328 e. The molecule has 1 fully saturated rings. The fourth-order valence-corrected chi connectivity index (χ4v) is 3.15. The first-order valence-corrected chi connectivity index (χ1v) is 9.35. The van der Waals surface area contributed by atoms with Crippen molar-refractivity contribution in [3.63, 3.8) is 0 Å². The molecule has 0 radical (unpaired) electrons. The topological polar surface area (TPSA) is 122 Å². The predicted octanol–water partition coefficient (Wildman–Crippen LogP) is 1.73. The van der Waals surface area contributed by atoms with Crippen LogP contribution in [-0.4, -0.2) is 44.4 Å². The molecular formula is C20H19N7O3. The Morgan fingerprint density at radius 2 is 2.07 bits per heavy atom. The summed E-state index contributed by atoms with van der Waals surface area (Å²) in [6, 6.07) is 10.1. The minimum atomic E-state index is -0.477. The van der Waals surface area contributed by atoms with Gasteiger partial charge < -0.3 is 10.6 Å². The van der Waals surface area contributed by atoms with Crippen molar-refractivity contribution in [3.05, 3.63) is 65.7 Å². The second kappa shape index (κ2) is 8.11. The van der Waals surface area contributed by atoms with Crippen LogP contribution in [0, 0.1) is 6.92 Å². The largest absolute Gasteiger partial charge is 0.337 e. The van der Waals surface area contributed by atoms with Crippen LogP contribution in [0.4, 0.5) is 16.2 Å². The summed E-state index contributed by atoms with van der Waals surface area (Å²) in [6.07, 6.45) is 3.44. The number of pyridine rings is 1. The monoisotopic (exact) mass is 405 g/mol. The van der Waals surface area contributed by atoms with Crippen molar-refractivity contribution in [3.8, 4) is 0 Å². The van der Waals surface area contributed by atoms with Crippen LogP contribution in [0.25, 0.3) is 0 Å². The van der Waals surface area contributed by atoms with Crippen LogP contribution < -0.4 is 15.5 Å². The molecule has 3 heterocycles. The van der Waals surface area contributed by atoms with Crippen molar-refractivity contribution in [1.82, 2.24) is 25.3 Å². The van der Waals surface area contributed by atoms with Gasteiger partial charge in [0.25, 0.3) is 5.91 Å². The highest BCUT2D eigenvalue weighted by molar-refractivity contribution is 6.16. The third-order valence-corrected chi connectivity index (χ3v) is 4.68. The lowest BCUT2D eigenvalue weighted by molar-refractivity contribution is -0.118. The second-order valence-electron chi connectivity index (χ2n) is 6.74. The van der Waals surface area contributed by atoms with Gasteiger partial charge in [-0.1, -0.05) is 17.3 Å². The van der Waals surface area contributed by atoms with Gasteiger partial charge in [0, 0.05) is 24.8 Å². The van der Waals surface area contributed by atoms with Crippen molar-refractivity contribution in [1.29, 1.82) is 0 Å². The Bertz CT molecular complexity index is 1090. The molecular weight excluding hydrogens is 386 g/mol. The average molecular weight is 405 g/mol. The molecule has 1 aliphatic heterocycles. The summed E-state index contributed by atoms with van der Waals surface area (Å²) in [4.78, 5) is 42.3. The van der Waals surface area contributed by atoms with Gasteiger partial charge >= 0.3 is 6.03 Å². The zero-order valence-corrected chi connectivity index (χ0v) is 16.2. The van der Waals surface area contributed by atoms with Crippen LogP contribution in [0.3, 0.4) is 0 Å². The molecule has 152 valence electrons. The first-order valence-electron chi connectivity index (χ1n) is 9.35. The fraction of sp³-hybridized carbons (Fsp3) is 0.200. The number of benzene rings is 1. The molecule has 4 rings (SSSR count). The summed E-state index contributed by atoms with van der Waals surface area (Å²) in [5.41, 5.74) is 2.43. The number of carbonyl (C=O) groups is 3. The number of nitrogens with zero attached hydrogens (tertiary/aromatic N) is 5. The number of aromatic nitrogens is 4. The summed E-state index contributed by atoms with van der Waals surface area (Å²) >= 11 is 0. The molecule has 2 N–H and O–H groups in total. The molecule has 0 saturated carbocycles. The van der Waals surface area contributed by atoms with E-state index in [9.17, 15) is 14.4 Å². The second-order valence-corrected chi connectivity index (χ2v) is 6.74. The van der Waals surface area contributed by atoms with E-state index in [4.69, 9.17) is 0 Å². The minimum absolute atomic E-state index is 0.141. The van der Waals surface area contributed by atoms with Gasteiger partial charge in [-0.15, -0.1) is 5.10 Å². The van der Waals surface area contributed by atoms with Gasteiger partial charge in [0.15, 0.2) is 5.69 Å². The zero-order chi connectivity index (χ0) is 21.1. The van der Waals surface area contributed by atoms with Gasteiger partial charge in [-0.25, -0.2) is 14.4 Å². The molecule has 1 aromatic carbocycles. The van der Waals surface area contributed by atoms with Crippen LogP contribution in [0.15, 0.2) is 48.8 Å². The van der Waals surface area contributed by atoms with E-state index in [0.29, 0.717) is 30.0 Å². The lowest BCUT2D eigenvalue weighted by Gasteiger charge is -2.27. The Morgan fingerprint density at radius 3 is 2.83 bits per heavy atom. The van der Waals surface area contributed by atoms with E-state index >= 15 is 0 Å². The molecule has 30 heavy (non-hydrogen) atoms. The van der Waals surface area contributed by atoms with Crippen molar-refractivity contribution in [2.75, 3.05) is 16.8 Å². The van der Waals surface area contributed by atoms with Gasteiger partial charge in [-0.2, -0.15) is 0 Å². The molecule has 4 amide bonds. The third kappa shape index (κ3) is 3.88. The van der Waals surface area contributed by atoms with Crippen molar-refractivity contribution in [2.45, 2.75) is 19.9 Å². The predicted molar refractivity (Wildman–Crippen MR) is 108 cm³/mol.